The zero-order valence-electron chi connectivity index (χ0n) is 14.8. The van der Waals surface area contributed by atoms with Crippen LogP contribution in [0.15, 0.2) is 72.8 Å². The van der Waals surface area contributed by atoms with E-state index in [2.05, 4.69) is 6.07 Å². The topological polar surface area (TPSA) is 70.3 Å². The number of hydrogen-bond acceptors (Lipinski definition) is 3. The normalized spacial score (nSPS) is 10.9. The van der Waals surface area contributed by atoms with Crippen molar-refractivity contribution in [3.8, 4) is 11.8 Å². The van der Waals surface area contributed by atoms with E-state index in [-0.39, 0.29) is 11.4 Å². The molecule has 3 aromatic rings. The molecule has 1 N–H and O–H groups in total. The number of hydrogen-bond donors (Lipinski definition) is 1. The van der Waals surface area contributed by atoms with Crippen molar-refractivity contribution in [2.24, 2.45) is 0 Å². The maximum absolute atomic E-state index is 13.0. The van der Waals surface area contributed by atoms with Gasteiger partial charge in [0.2, 0.25) is 0 Å². The predicted octanol–water partition coefficient (Wildman–Crippen LogP) is 5.17. The van der Waals surface area contributed by atoms with Crippen molar-refractivity contribution in [2.45, 2.75) is 6.61 Å². The number of nitriles is 1. The molecule has 3 rings (SSSR count). The number of benzene rings is 3. The monoisotopic (exact) mass is 373 g/mol. The van der Waals surface area contributed by atoms with Crippen molar-refractivity contribution in [3.05, 3.63) is 101 Å². The summed E-state index contributed by atoms with van der Waals surface area (Å²) in [4.78, 5) is 10.9. The highest BCUT2D eigenvalue weighted by Gasteiger charge is 2.06. The standard InChI is InChI=1S/C23H16FNO3/c24-21-10-4-16(5-11-21)15-28-22-3-1-2-17(13-22)12-20(14-25)18-6-8-19(9-7-18)23(26)27/h1-13H,15H2,(H,26,27)/b20-12-. The first-order valence-corrected chi connectivity index (χ1v) is 8.48. The first kappa shape index (κ1) is 18.9. The van der Waals surface area contributed by atoms with Crippen LogP contribution in [-0.2, 0) is 6.61 Å². The van der Waals surface area contributed by atoms with Crippen LogP contribution >= 0.6 is 0 Å². The molecule has 0 aliphatic carbocycles. The van der Waals surface area contributed by atoms with Gasteiger partial charge >= 0.3 is 5.97 Å². The highest BCUT2D eigenvalue weighted by Crippen LogP contribution is 2.22. The van der Waals surface area contributed by atoms with Gasteiger partial charge in [-0.2, -0.15) is 5.26 Å². The molecule has 0 radical (unpaired) electrons. The lowest BCUT2D eigenvalue weighted by Crippen LogP contribution is -1.96. The highest BCUT2D eigenvalue weighted by atomic mass is 19.1. The first-order chi connectivity index (χ1) is 13.5. The average Bonchev–Trinajstić information content (AvgIpc) is 2.72. The van der Waals surface area contributed by atoms with Crippen LogP contribution < -0.4 is 4.74 Å². The third kappa shape index (κ3) is 4.83. The van der Waals surface area contributed by atoms with Crippen LogP contribution in [0.3, 0.4) is 0 Å². The number of nitrogens with zero attached hydrogens (tertiary/aromatic N) is 1. The lowest BCUT2D eigenvalue weighted by molar-refractivity contribution is 0.0697. The molecule has 0 amide bonds. The predicted molar refractivity (Wildman–Crippen MR) is 104 cm³/mol. The van der Waals surface area contributed by atoms with Crippen LogP contribution in [0.5, 0.6) is 5.75 Å². The van der Waals surface area contributed by atoms with Gasteiger partial charge in [-0.25, -0.2) is 9.18 Å². The number of rotatable bonds is 6. The molecular formula is C23H16FNO3. The highest BCUT2D eigenvalue weighted by molar-refractivity contribution is 5.92. The molecule has 28 heavy (non-hydrogen) atoms. The summed E-state index contributed by atoms with van der Waals surface area (Å²) in [6.07, 6.45) is 1.71. The van der Waals surface area contributed by atoms with Gasteiger partial charge in [0, 0.05) is 0 Å². The Morgan fingerprint density at radius 1 is 1.04 bits per heavy atom. The molecule has 0 heterocycles. The number of halogens is 1. The van der Waals surface area contributed by atoms with E-state index in [9.17, 15) is 14.4 Å². The van der Waals surface area contributed by atoms with E-state index in [4.69, 9.17) is 9.84 Å². The molecular weight excluding hydrogens is 357 g/mol. The van der Waals surface area contributed by atoms with Gasteiger partial charge in [-0.1, -0.05) is 36.4 Å². The number of ether oxygens (including phenoxy) is 1. The summed E-state index contributed by atoms with van der Waals surface area (Å²) < 4.78 is 18.7. The average molecular weight is 373 g/mol. The molecule has 0 aliphatic rings. The Morgan fingerprint density at radius 2 is 1.71 bits per heavy atom. The van der Waals surface area contributed by atoms with Crippen LogP contribution in [0, 0.1) is 17.1 Å². The second-order valence-electron chi connectivity index (χ2n) is 6.04. The van der Waals surface area contributed by atoms with Gasteiger partial charge in [0.25, 0.3) is 0 Å². The number of allylic oxidation sites excluding steroid dienone is 1. The lowest BCUT2D eigenvalue weighted by Gasteiger charge is -2.07. The molecule has 0 aromatic heterocycles. The van der Waals surface area contributed by atoms with Gasteiger partial charge in [-0.15, -0.1) is 0 Å². The summed E-state index contributed by atoms with van der Waals surface area (Å²) in [5, 5.41) is 18.4. The van der Waals surface area contributed by atoms with Gasteiger partial charge in [0.1, 0.15) is 18.2 Å². The molecule has 0 aliphatic heterocycles. The summed E-state index contributed by atoms with van der Waals surface area (Å²) in [5.41, 5.74) is 2.82. The fourth-order valence-corrected chi connectivity index (χ4v) is 2.58. The second-order valence-corrected chi connectivity index (χ2v) is 6.04. The summed E-state index contributed by atoms with van der Waals surface area (Å²) in [7, 11) is 0. The van der Waals surface area contributed by atoms with Crippen LogP contribution in [-0.4, -0.2) is 11.1 Å². The minimum absolute atomic E-state index is 0.164. The Hall–Kier alpha value is -3.91. The van der Waals surface area contributed by atoms with Crippen LogP contribution in [0.2, 0.25) is 0 Å². The van der Waals surface area contributed by atoms with Crippen LogP contribution in [0.1, 0.15) is 27.0 Å². The van der Waals surface area contributed by atoms with Gasteiger partial charge in [0.15, 0.2) is 0 Å². The lowest BCUT2D eigenvalue weighted by atomic mass is 10.0. The summed E-state index contributed by atoms with van der Waals surface area (Å²) in [6.45, 7) is 0.301. The zero-order valence-corrected chi connectivity index (χ0v) is 14.8. The Kier molecular flexibility index (Phi) is 5.83. The van der Waals surface area contributed by atoms with Crippen molar-refractivity contribution < 1.29 is 19.0 Å². The van der Waals surface area contributed by atoms with Gasteiger partial charge in [-0.3, -0.25) is 0 Å². The molecule has 0 saturated heterocycles. The quantitative estimate of drug-likeness (QED) is 0.478. The van der Waals surface area contributed by atoms with Crippen molar-refractivity contribution in [1.29, 1.82) is 5.26 Å². The summed E-state index contributed by atoms with van der Waals surface area (Å²) >= 11 is 0. The second kappa shape index (κ2) is 8.65. The molecule has 0 fully saturated rings. The van der Waals surface area contributed by atoms with Crippen LogP contribution in [0.25, 0.3) is 11.6 Å². The summed E-state index contributed by atoms with van der Waals surface area (Å²) in [6, 6.07) is 21.6. The van der Waals surface area contributed by atoms with Crippen molar-refractivity contribution in [2.75, 3.05) is 0 Å². The van der Waals surface area contributed by atoms with Crippen molar-refractivity contribution in [3.63, 3.8) is 0 Å². The fourth-order valence-electron chi connectivity index (χ4n) is 2.58. The molecule has 4 nitrogen and oxygen atoms in total. The number of aromatic carboxylic acids is 1. The molecule has 0 atom stereocenters. The number of carboxylic acids is 1. The van der Waals surface area contributed by atoms with E-state index in [1.807, 2.05) is 12.1 Å². The number of carbonyl (C=O) groups is 1. The fraction of sp³-hybridized carbons (Fsp3) is 0.0435. The SMILES string of the molecule is N#C/C(=C/c1cccc(OCc2ccc(F)cc2)c1)c1ccc(C(=O)O)cc1. The molecule has 0 saturated carbocycles. The van der Waals surface area contributed by atoms with Crippen LogP contribution in [0.4, 0.5) is 4.39 Å². The maximum Gasteiger partial charge on any atom is 0.335 e. The van der Waals surface area contributed by atoms with Gasteiger partial charge in [0.05, 0.1) is 17.2 Å². The molecule has 138 valence electrons. The van der Waals surface area contributed by atoms with Gasteiger partial charge in [-0.05, 0) is 59.2 Å². The van der Waals surface area contributed by atoms with E-state index >= 15 is 0 Å². The maximum atomic E-state index is 13.0. The Morgan fingerprint density at radius 3 is 2.36 bits per heavy atom. The van der Waals surface area contributed by atoms with Crippen molar-refractivity contribution >= 4 is 17.6 Å². The molecule has 5 heteroatoms. The van der Waals surface area contributed by atoms with E-state index in [1.54, 1.807) is 42.5 Å². The van der Waals surface area contributed by atoms with Crippen molar-refractivity contribution in [1.82, 2.24) is 0 Å². The van der Waals surface area contributed by atoms with E-state index in [1.165, 1.54) is 24.3 Å². The third-order valence-corrected chi connectivity index (χ3v) is 4.05. The number of carboxylic acid groups (broad SMARTS) is 1. The van der Waals surface area contributed by atoms with Gasteiger partial charge < -0.3 is 9.84 Å². The zero-order chi connectivity index (χ0) is 19.9. The first-order valence-electron chi connectivity index (χ1n) is 8.48. The Bertz CT molecular complexity index is 1050. The van der Waals surface area contributed by atoms with E-state index in [0.717, 1.165) is 11.1 Å². The molecule has 0 unspecified atom stereocenters. The molecule has 3 aromatic carbocycles. The Labute approximate surface area is 161 Å². The largest absolute Gasteiger partial charge is 0.489 e. The minimum Gasteiger partial charge on any atom is -0.489 e. The van der Waals surface area contributed by atoms with E-state index < -0.39 is 5.97 Å². The van der Waals surface area contributed by atoms with E-state index in [0.29, 0.717) is 23.5 Å². The Balaban J connectivity index is 1.76. The third-order valence-electron chi connectivity index (χ3n) is 4.05. The smallest absolute Gasteiger partial charge is 0.335 e. The molecule has 0 spiro atoms. The summed E-state index contributed by atoms with van der Waals surface area (Å²) in [5.74, 6) is -0.687. The minimum atomic E-state index is -1.01. The molecule has 0 bridgehead atoms.